The number of amides is 4. The SMILES string of the molecule is COc1ccc(N2C(=O)NC(CCC(=O)NCc3cn[nH]c3C)C2=O)cc1. The van der Waals surface area contributed by atoms with Crippen LogP contribution in [0.15, 0.2) is 30.5 Å². The minimum absolute atomic E-state index is 0.129. The first-order valence-electron chi connectivity index (χ1n) is 8.53. The normalized spacial score (nSPS) is 16.4. The summed E-state index contributed by atoms with van der Waals surface area (Å²) < 4.78 is 5.07. The first kappa shape index (κ1) is 18.4. The Labute approximate surface area is 156 Å². The van der Waals surface area contributed by atoms with E-state index in [1.165, 1.54) is 7.11 Å². The van der Waals surface area contributed by atoms with E-state index in [1.54, 1.807) is 30.5 Å². The summed E-state index contributed by atoms with van der Waals surface area (Å²) in [5.74, 6) is 0.0658. The van der Waals surface area contributed by atoms with Crippen LogP contribution in [0.2, 0.25) is 0 Å². The maximum atomic E-state index is 12.5. The van der Waals surface area contributed by atoms with Crippen molar-refractivity contribution < 1.29 is 19.1 Å². The van der Waals surface area contributed by atoms with Gasteiger partial charge in [-0.05, 0) is 37.6 Å². The number of carbonyl (C=O) groups excluding carboxylic acids is 3. The van der Waals surface area contributed by atoms with Gasteiger partial charge in [-0.25, -0.2) is 9.69 Å². The number of H-pyrrole nitrogens is 1. The minimum atomic E-state index is -0.721. The highest BCUT2D eigenvalue weighted by molar-refractivity contribution is 6.21. The van der Waals surface area contributed by atoms with Gasteiger partial charge in [0, 0.05) is 24.2 Å². The molecule has 9 nitrogen and oxygen atoms in total. The van der Waals surface area contributed by atoms with Crippen molar-refractivity contribution in [1.29, 1.82) is 0 Å². The van der Waals surface area contributed by atoms with Gasteiger partial charge in [0.05, 0.1) is 19.0 Å². The summed E-state index contributed by atoms with van der Waals surface area (Å²) in [4.78, 5) is 37.8. The van der Waals surface area contributed by atoms with Crippen LogP contribution in [0.1, 0.15) is 24.1 Å². The number of aryl methyl sites for hydroxylation is 1. The number of urea groups is 1. The third kappa shape index (κ3) is 4.08. The van der Waals surface area contributed by atoms with Crippen LogP contribution < -0.4 is 20.3 Å². The summed E-state index contributed by atoms with van der Waals surface area (Å²) in [6.45, 7) is 2.24. The van der Waals surface area contributed by atoms with Crippen LogP contribution in [0.3, 0.4) is 0 Å². The predicted molar refractivity (Wildman–Crippen MR) is 97.2 cm³/mol. The zero-order valence-electron chi connectivity index (χ0n) is 15.1. The molecule has 2 heterocycles. The van der Waals surface area contributed by atoms with Gasteiger partial charge >= 0.3 is 6.03 Å². The molecule has 142 valence electrons. The van der Waals surface area contributed by atoms with E-state index in [1.807, 2.05) is 6.92 Å². The van der Waals surface area contributed by atoms with Crippen molar-refractivity contribution in [2.24, 2.45) is 0 Å². The van der Waals surface area contributed by atoms with Gasteiger partial charge in [-0.3, -0.25) is 14.7 Å². The second-order valence-corrected chi connectivity index (χ2v) is 6.21. The Hall–Kier alpha value is -3.36. The molecule has 9 heteroatoms. The number of aromatic amines is 1. The zero-order valence-corrected chi connectivity index (χ0v) is 15.1. The average Bonchev–Trinajstić information content (AvgIpc) is 3.20. The number of benzene rings is 1. The van der Waals surface area contributed by atoms with Crippen molar-refractivity contribution >= 4 is 23.5 Å². The number of rotatable bonds is 7. The van der Waals surface area contributed by atoms with E-state index in [0.29, 0.717) is 18.0 Å². The molecule has 1 unspecified atom stereocenters. The Kier molecular flexibility index (Phi) is 5.39. The van der Waals surface area contributed by atoms with E-state index in [-0.39, 0.29) is 24.7 Å². The third-order valence-electron chi connectivity index (χ3n) is 4.42. The van der Waals surface area contributed by atoms with Crippen molar-refractivity contribution in [2.75, 3.05) is 12.0 Å². The lowest BCUT2D eigenvalue weighted by Gasteiger charge is -2.13. The number of carbonyl (C=O) groups is 3. The second-order valence-electron chi connectivity index (χ2n) is 6.21. The molecular weight excluding hydrogens is 350 g/mol. The molecule has 3 N–H and O–H groups in total. The van der Waals surface area contributed by atoms with Crippen LogP contribution >= 0.6 is 0 Å². The van der Waals surface area contributed by atoms with Gasteiger partial charge in [-0.2, -0.15) is 5.10 Å². The molecule has 0 bridgehead atoms. The maximum absolute atomic E-state index is 12.5. The van der Waals surface area contributed by atoms with Crippen molar-refractivity contribution in [1.82, 2.24) is 20.8 Å². The van der Waals surface area contributed by atoms with Gasteiger partial charge in [-0.1, -0.05) is 0 Å². The number of anilines is 1. The van der Waals surface area contributed by atoms with Crippen molar-refractivity contribution in [2.45, 2.75) is 32.4 Å². The van der Waals surface area contributed by atoms with Crippen LogP contribution in [-0.2, 0) is 16.1 Å². The lowest BCUT2D eigenvalue weighted by atomic mass is 10.1. The first-order valence-corrected chi connectivity index (χ1v) is 8.53. The smallest absolute Gasteiger partial charge is 0.329 e. The van der Waals surface area contributed by atoms with E-state index in [0.717, 1.165) is 16.2 Å². The number of ether oxygens (including phenoxy) is 1. The Morgan fingerprint density at radius 3 is 2.67 bits per heavy atom. The third-order valence-corrected chi connectivity index (χ3v) is 4.42. The van der Waals surface area contributed by atoms with Gasteiger partial charge in [0.2, 0.25) is 5.91 Å². The van der Waals surface area contributed by atoms with Crippen molar-refractivity contribution in [3.8, 4) is 5.75 Å². The van der Waals surface area contributed by atoms with E-state index >= 15 is 0 Å². The Balaban J connectivity index is 1.53. The van der Waals surface area contributed by atoms with Crippen molar-refractivity contribution in [3.05, 3.63) is 41.7 Å². The number of imide groups is 1. The Morgan fingerprint density at radius 1 is 1.30 bits per heavy atom. The topological polar surface area (TPSA) is 116 Å². The maximum Gasteiger partial charge on any atom is 0.329 e. The average molecular weight is 371 g/mol. The van der Waals surface area contributed by atoms with Crippen LogP contribution in [0, 0.1) is 6.92 Å². The number of nitrogens with zero attached hydrogens (tertiary/aromatic N) is 2. The molecule has 1 fully saturated rings. The summed E-state index contributed by atoms with van der Waals surface area (Å²) in [7, 11) is 1.54. The molecule has 0 spiro atoms. The minimum Gasteiger partial charge on any atom is -0.497 e. The molecule has 1 atom stereocenters. The van der Waals surface area contributed by atoms with Crippen LogP contribution in [0.25, 0.3) is 0 Å². The molecule has 0 radical (unpaired) electrons. The van der Waals surface area contributed by atoms with E-state index < -0.39 is 12.1 Å². The van der Waals surface area contributed by atoms with Crippen LogP contribution in [-0.4, -0.2) is 41.2 Å². The summed E-state index contributed by atoms with van der Waals surface area (Å²) in [5.41, 5.74) is 2.25. The summed E-state index contributed by atoms with van der Waals surface area (Å²) in [5, 5.41) is 12.1. The molecule has 2 aromatic rings. The number of nitrogens with one attached hydrogen (secondary N) is 3. The lowest BCUT2D eigenvalue weighted by Crippen LogP contribution is -2.32. The van der Waals surface area contributed by atoms with Gasteiger partial charge < -0.3 is 15.4 Å². The van der Waals surface area contributed by atoms with Gasteiger partial charge in [-0.15, -0.1) is 0 Å². The fourth-order valence-corrected chi connectivity index (χ4v) is 2.81. The molecule has 27 heavy (non-hydrogen) atoms. The predicted octanol–water partition coefficient (Wildman–Crippen LogP) is 1.25. The molecular formula is C18H21N5O4. The molecule has 1 saturated heterocycles. The fourth-order valence-electron chi connectivity index (χ4n) is 2.81. The van der Waals surface area contributed by atoms with Gasteiger partial charge in [0.15, 0.2) is 0 Å². The Morgan fingerprint density at radius 2 is 2.04 bits per heavy atom. The quantitative estimate of drug-likeness (QED) is 0.634. The Bertz CT molecular complexity index is 846. The second kappa shape index (κ2) is 7.90. The largest absolute Gasteiger partial charge is 0.497 e. The zero-order chi connectivity index (χ0) is 19.4. The summed E-state index contributed by atoms with van der Waals surface area (Å²) in [6.07, 6.45) is 2.01. The number of aromatic nitrogens is 2. The highest BCUT2D eigenvalue weighted by Gasteiger charge is 2.38. The lowest BCUT2D eigenvalue weighted by molar-refractivity contribution is -0.122. The molecule has 1 aliphatic heterocycles. The van der Waals surface area contributed by atoms with Gasteiger partial charge in [0.1, 0.15) is 11.8 Å². The molecule has 0 saturated carbocycles. The van der Waals surface area contributed by atoms with E-state index in [4.69, 9.17) is 4.74 Å². The monoisotopic (exact) mass is 371 g/mol. The van der Waals surface area contributed by atoms with Gasteiger partial charge in [0.25, 0.3) is 5.91 Å². The highest BCUT2D eigenvalue weighted by Crippen LogP contribution is 2.23. The van der Waals surface area contributed by atoms with Crippen molar-refractivity contribution in [3.63, 3.8) is 0 Å². The highest BCUT2D eigenvalue weighted by atomic mass is 16.5. The number of hydrogen-bond acceptors (Lipinski definition) is 5. The first-order chi connectivity index (χ1) is 13.0. The molecule has 3 rings (SSSR count). The summed E-state index contributed by atoms with van der Waals surface area (Å²) >= 11 is 0. The van der Waals surface area contributed by atoms with Crippen LogP contribution in [0.5, 0.6) is 5.75 Å². The number of hydrogen-bond donors (Lipinski definition) is 3. The molecule has 1 aliphatic rings. The van der Waals surface area contributed by atoms with Crippen LogP contribution in [0.4, 0.5) is 10.5 Å². The molecule has 1 aromatic heterocycles. The molecule has 1 aromatic carbocycles. The summed E-state index contributed by atoms with van der Waals surface area (Å²) in [6, 6.07) is 5.41. The van der Waals surface area contributed by atoms with E-state index in [9.17, 15) is 14.4 Å². The standard InChI is InChI=1S/C18H21N5O4/c1-11-12(10-20-22-11)9-19-16(24)8-7-15-17(25)23(18(26)21-15)13-3-5-14(27-2)6-4-13/h3-6,10,15H,7-9H2,1-2H3,(H,19,24)(H,20,22)(H,21,26). The molecule has 4 amide bonds. The van der Waals surface area contributed by atoms with E-state index in [2.05, 4.69) is 20.8 Å². The number of methoxy groups -OCH3 is 1. The fraction of sp³-hybridized carbons (Fsp3) is 0.333. The molecule has 0 aliphatic carbocycles.